The summed E-state index contributed by atoms with van der Waals surface area (Å²) in [4.78, 5) is 3.95. The average molecular weight is 286 g/mol. The quantitative estimate of drug-likeness (QED) is 0.841. The van der Waals surface area contributed by atoms with Crippen LogP contribution in [0.4, 0.5) is 0 Å². The van der Waals surface area contributed by atoms with Crippen molar-refractivity contribution in [1.29, 1.82) is 5.26 Å². The first-order valence-corrected chi connectivity index (χ1v) is 6.05. The summed E-state index contributed by atoms with van der Waals surface area (Å²) in [6.07, 6.45) is 3.00. The molecule has 0 saturated carbocycles. The van der Waals surface area contributed by atoms with E-state index in [2.05, 4.69) is 4.98 Å². The first kappa shape index (κ1) is 14.5. The van der Waals surface area contributed by atoms with E-state index in [-0.39, 0.29) is 0 Å². The fraction of sp³-hybridized carbons (Fsp3) is 0.200. The van der Waals surface area contributed by atoms with Gasteiger partial charge in [-0.3, -0.25) is 4.98 Å². The molecule has 1 aromatic carbocycles. The summed E-state index contributed by atoms with van der Waals surface area (Å²) in [5.74, 6) is 2.21. The number of hydrogen-bond donors (Lipinski definition) is 0. The van der Waals surface area contributed by atoms with E-state index in [1.807, 2.05) is 6.07 Å². The zero-order valence-corrected chi connectivity index (χ0v) is 11.9. The average Bonchev–Trinajstić information content (AvgIpc) is 2.54. The summed E-state index contributed by atoms with van der Waals surface area (Å²) in [7, 11) is 4.56. The molecule has 0 atom stereocenters. The second-order valence-corrected chi connectivity index (χ2v) is 3.95. The predicted molar refractivity (Wildman–Crippen MR) is 75.1 cm³/mol. The van der Waals surface area contributed by atoms with Crippen LogP contribution in [0.2, 0.25) is 0 Å². The Hall–Kier alpha value is -2.94. The number of nitrogens with zero attached hydrogens (tertiary/aromatic N) is 2. The predicted octanol–water partition coefficient (Wildman–Crippen LogP) is 2.77. The molecule has 2 rings (SSSR count). The molecular weight excluding hydrogens is 272 g/mol. The summed E-state index contributed by atoms with van der Waals surface area (Å²) in [6.45, 7) is 0. The Bertz CT molecular complexity index is 655. The molecule has 0 N–H and O–H groups in total. The van der Waals surface area contributed by atoms with Crippen LogP contribution in [0.15, 0.2) is 30.6 Å². The topological polar surface area (TPSA) is 73.6 Å². The van der Waals surface area contributed by atoms with Gasteiger partial charge in [-0.15, -0.1) is 0 Å². The molecule has 0 bridgehead atoms. The second kappa shape index (κ2) is 6.48. The first-order valence-electron chi connectivity index (χ1n) is 6.05. The minimum atomic E-state index is 0.356. The highest BCUT2D eigenvalue weighted by molar-refractivity contribution is 5.57. The maximum Gasteiger partial charge on any atom is 0.203 e. The normalized spacial score (nSPS) is 9.62. The van der Waals surface area contributed by atoms with E-state index in [0.717, 1.165) is 0 Å². The van der Waals surface area contributed by atoms with Crippen molar-refractivity contribution < 1.29 is 18.9 Å². The molecule has 108 valence electrons. The maximum atomic E-state index is 9.05. The Morgan fingerprint density at radius 3 is 2.19 bits per heavy atom. The molecule has 0 unspecified atom stereocenters. The summed E-state index contributed by atoms with van der Waals surface area (Å²) < 4.78 is 21.4. The van der Waals surface area contributed by atoms with E-state index in [1.54, 1.807) is 18.2 Å². The number of methoxy groups -OCH3 is 3. The van der Waals surface area contributed by atoms with Crippen LogP contribution >= 0.6 is 0 Å². The second-order valence-electron chi connectivity index (χ2n) is 3.95. The van der Waals surface area contributed by atoms with Gasteiger partial charge < -0.3 is 18.9 Å². The van der Waals surface area contributed by atoms with Gasteiger partial charge in [0.1, 0.15) is 11.8 Å². The van der Waals surface area contributed by atoms with Crippen LogP contribution < -0.4 is 18.9 Å². The van der Waals surface area contributed by atoms with E-state index in [9.17, 15) is 0 Å². The molecule has 0 saturated heterocycles. The lowest BCUT2D eigenvalue weighted by atomic mass is 10.2. The summed E-state index contributed by atoms with van der Waals surface area (Å²) in [5, 5.41) is 9.05. The van der Waals surface area contributed by atoms with Crippen molar-refractivity contribution in [2.45, 2.75) is 0 Å². The van der Waals surface area contributed by atoms with Gasteiger partial charge in [-0.1, -0.05) is 0 Å². The SMILES string of the molecule is COc1cc(Oc2cnccc2C#N)cc(OC)c1OC. The summed E-state index contributed by atoms with van der Waals surface area (Å²) >= 11 is 0. The van der Waals surface area contributed by atoms with Crippen LogP contribution in [0, 0.1) is 11.3 Å². The third kappa shape index (κ3) is 2.98. The molecule has 0 amide bonds. The molecular formula is C15H14N2O4. The Morgan fingerprint density at radius 1 is 1.00 bits per heavy atom. The number of hydrogen-bond acceptors (Lipinski definition) is 6. The molecule has 2 aromatic rings. The number of pyridine rings is 1. The minimum Gasteiger partial charge on any atom is -0.493 e. The molecule has 0 spiro atoms. The van der Waals surface area contributed by atoms with Crippen LogP contribution in [0.3, 0.4) is 0 Å². The van der Waals surface area contributed by atoms with Gasteiger partial charge >= 0.3 is 0 Å². The molecule has 0 aliphatic carbocycles. The van der Waals surface area contributed by atoms with E-state index in [1.165, 1.54) is 33.7 Å². The first-order chi connectivity index (χ1) is 10.2. The van der Waals surface area contributed by atoms with E-state index < -0.39 is 0 Å². The number of nitriles is 1. The molecule has 6 nitrogen and oxygen atoms in total. The lowest BCUT2D eigenvalue weighted by Crippen LogP contribution is -1.96. The fourth-order valence-electron chi connectivity index (χ4n) is 1.80. The van der Waals surface area contributed by atoms with Gasteiger partial charge in [0.2, 0.25) is 5.75 Å². The molecule has 0 aliphatic rings. The zero-order valence-electron chi connectivity index (χ0n) is 11.9. The number of ether oxygens (including phenoxy) is 4. The number of benzene rings is 1. The van der Waals surface area contributed by atoms with Gasteiger partial charge in [-0.05, 0) is 6.07 Å². The van der Waals surface area contributed by atoms with Gasteiger partial charge in [0.15, 0.2) is 17.2 Å². The van der Waals surface area contributed by atoms with Gasteiger partial charge in [0.05, 0.1) is 33.1 Å². The Labute approximate surface area is 122 Å². The highest BCUT2D eigenvalue weighted by Crippen LogP contribution is 2.42. The molecule has 1 heterocycles. The van der Waals surface area contributed by atoms with E-state index in [4.69, 9.17) is 24.2 Å². The minimum absolute atomic E-state index is 0.356. The van der Waals surface area contributed by atoms with Crippen molar-refractivity contribution in [3.8, 4) is 34.8 Å². The molecule has 0 aliphatic heterocycles. The Balaban J connectivity index is 2.43. The lowest BCUT2D eigenvalue weighted by Gasteiger charge is -2.14. The van der Waals surface area contributed by atoms with Crippen molar-refractivity contribution in [3.63, 3.8) is 0 Å². The molecule has 6 heteroatoms. The van der Waals surface area contributed by atoms with Crippen LogP contribution in [0.25, 0.3) is 0 Å². The van der Waals surface area contributed by atoms with Crippen LogP contribution in [-0.2, 0) is 0 Å². The zero-order chi connectivity index (χ0) is 15.2. The van der Waals surface area contributed by atoms with Crippen molar-refractivity contribution in [2.24, 2.45) is 0 Å². The van der Waals surface area contributed by atoms with Crippen molar-refractivity contribution in [2.75, 3.05) is 21.3 Å². The van der Waals surface area contributed by atoms with Crippen molar-refractivity contribution in [3.05, 3.63) is 36.2 Å². The monoisotopic (exact) mass is 286 g/mol. The van der Waals surface area contributed by atoms with Gasteiger partial charge in [-0.25, -0.2) is 0 Å². The number of rotatable bonds is 5. The standard InChI is InChI=1S/C15H14N2O4/c1-18-12-6-11(7-13(19-2)15(12)20-3)21-14-9-17-5-4-10(14)8-16/h4-7,9H,1-3H3. The van der Waals surface area contributed by atoms with Crippen LogP contribution in [-0.4, -0.2) is 26.3 Å². The maximum absolute atomic E-state index is 9.05. The largest absolute Gasteiger partial charge is 0.493 e. The highest BCUT2D eigenvalue weighted by Gasteiger charge is 2.15. The van der Waals surface area contributed by atoms with E-state index in [0.29, 0.717) is 34.3 Å². The third-order valence-electron chi connectivity index (χ3n) is 2.77. The smallest absolute Gasteiger partial charge is 0.203 e. The van der Waals surface area contributed by atoms with E-state index >= 15 is 0 Å². The van der Waals surface area contributed by atoms with Gasteiger partial charge in [0, 0.05) is 18.3 Å². The highest BCUT2D eigenvalue weighted by atomic mass is 16.5. The molecule has 1 aromatic heterocycles. The van der Waals surface area contributed by atoms with Crippen LogP contribution in [0.5, 0.6) is 28.7 Å². The lowest BCUT2D eigenvalue weighted by molar-refractivity contribution is 0.321. The third-order valence-corrected chi connectivity index (χ3v) is 2.77. The van der Waals surface area contributed by atoms with Crippen molar-refractivity contribution in [1.82, 2.24) is 4.98 Å². The molecule has 0 fully saturated rings. The summed E-state index contributed by atoms with van der Waals surface area (Å²) in [6, 6.07) is 6.92. The fourth-order valence-corrected chi connectivity index (χ4v) is 1.80. The molecule has 21 heavy (non-hydrogen) atoms. The Kier molecular flexibility index (Phi) is 4.46. The van der Waals surface area contributed by atoms with Crippen molar-refractivity contribution >= 4 is 0 Å². The van der Waals surface area contributed by atoms with Gasteiger partial charge in [-0.2, -0.15) is 5.26 Å². The van der Waals surface area contributed by atoms with Crippen LogP contribution in [0.1, 0.15) is 5.56 Å². The summed E-state index contributed by atoms with van der Waals surface area (Å²) in [5.41, 5.74) is 0.388. The Morgan fingerprint density at radius 2 is 1.67 bits per heavy atom. The number of aromatic nitrogens is 1. The van der Waals surface area contributed by atoms with Gasteiger partial charge in [0.25, 0.3) is 0 Å². The molecule has 0 radical (unpaired) electrons.